The molecule has 5 nitrogen and oxygen atoms in total. The second-order valence-corrected chi connectivity index (χ2v) is 7.26. The fourth-order valence-corrected chi connectivity index (χ4v) is 3.77. The van der Waals surface area contributed by atoms with Crippen molar-refractivity contribution in [2.75, 3.05) is 13.7 Å². The molecule has 1 fully saturated rings. The molecular weight excluding hydrogens is 390 g/mol. The molecular formula is C26H23NO4. The third-order valence-electron chi connectivity index (χ3n) is 5.25. The molecule has 156 valence electrons. The Balaban J connectivity index is 1.56. The number of nitrogens with zero attached hydrogens (tertiary/aromatic N) is 1. The normalized spacial score (nSPS) is 15.8. The minimum atomic E-state index is -0.611. The highest BCUT2D eigenvalue weighted by molar-refractivity contribution is 6.02. The zero-order valence-electron chi connectivity index (χ0n) is 17.2. The molecule has 0 saturated carbocycles. The van der Waals surface area contributed by atoms with Crippen LogP contribution in [-0.2, 0) is 16.0 Å². The van der Waals surface area contributed by atoms with E-state index in [1.54, 1.807) is 13.2 Å². The van der Waals surface area contributed by atoms with Gasteiger partial charge in [0.1, 0.15) is 12.4 Å². The quantitative estimate of drug-likeness (QED) is 0.536. The average molecular weight is 413 g/mol. The molecule has 4 rings (SSSR count). The first-order valence-electron chi connectivity index (χ1n) is 10.1. The number of rotatable bonds is 6. The van der Waals surface area contributed by atoms with E-state index < -0.39 is 12.0 Å². The summed E-state index contributed by atoms with van der Waals surface area (Å²) in [5.41, 5.74) is 3.75. The van der Waals surface area contributed by atoms with Crippen LogP contribution < -0.4 is 4.74 Å². The predicted octanol–water partition coefficient (Wildman–Crippen LogP) is 4.97. The van der Waals surface area contributed by atoms with Crippen molar-refractivity contribution in [2.45, 2.75) is 12.5 Å². The molecule has 1 aliphatic heterocycles. The summed E-state index contributed by atoms with van der Waals surface area (Å²) >= 11 is 0. The van der Waals surface area contributed by atoms with E-state index in [2.05, 4.69) is 0 Å². The van der Waals surface area contributed by atoms with Crippen LogP contribution in [0.5, 0.6) is 5.75 Å². The molecule has 1 atom stereocenters. The molecule has 3 aromatic rings. The SMILES string of the molecule is COc1c(C=CC(=O)N2C(=O)OCC2Cc2ccccc2)cccc1-c1ccccc1. The van der Waals surface area contributed by atoms with E-state index in [1.165, 1.54) is 11.0 Å². The van der Waals surface area contributed by atoms with Crippen molar-refractivity contribution < 1.29 is 19.1 Å². The van der Waals surface area contributed by atoms with Gasteiger partial charge >= 0.3 is 6.09 Å². The smallest absolute Gasteiger partial charge is 0.417 e. The topological polar surface area (TPSA) is 55.8 Å². The molecule has 0 spiro atoms. The van der Waals surface area contributed by atoms with Crippen molar-refractivity contribution in [2.24, 2.45) is 0 Å². The molecule has 31 heavy (non-hydrogen) atoms. The number of imide groups is 1. The molecule has 0 aliphatic carbocycles. The van der Waals surface area contributed by atoms with E-state index >= 15 is 0 Å². The van der Waals surface area contributed by atoms with Crippen LogP contribution >= 0.6 is 0 Å². The monoisotopic (exact) mass is 413 g/mol. The van der Waals surface area contributed by atoms with Crippen molar-refractivity contribution in [3.63, 3.8) is 0 Å². The van der Waals surface area contributed by atoms with Crippen molar-refractivity contribution in [3.05, 3.63) is 96.1 Å². The van der Waals surface area contributed by atoms with Crippen molar-refractivity contribution >= 4 is 18.1 Å². The number of ether oxygens (including phenoxy) is 2. The predicted molar refractivity (Wildman–Crippen MR) is 120 cm³/mol. The maximum absolute atomic E-state index is 12.9. The minimum absolute atomic E-state index is 0.195. The van der Waals surface area contributed by atoms with Gasteiger partial charge in [0.2, 0.25) is 0 Å². The van der Waals surface area contributed by atoms with Gasteiger partial charge in [0, 0.05) is 17.2 Å². The van der Waals surface area contributed by atoms with Gasteiger partial charge in [-0.2, -0.15) is 0 Å². The number of methoxy groups -OCH3 is 1. The van der Waals surface area contributed by atoms with Gasteiger partial charge in [0.15, 0.2) is 0 Å². The Morgan fingerprint density at radius 3 is 2.45 bits per heavy atom. The number of cyclic esters (lactones) is 1. The lowest BCUT2D eigenvalue weighted by atomic mass is 10.0. The number of hydrogen-bond donors (Lipinski definition) is 0. The Morgan fingerprint density at radius 2 is 1.74 bits per heavy atom. The Labute approximate surface area is 181 Å². The van der Waals surface area contributed by atoms with E-state index in [0.29, 0.717) is 12.2 Å². The largest absolute Gasteiger partial charge is 0.495 e. The van der Waals surface area contributed by atoms with Gasteiger partial charge < -0.3 is 9.47 Å². The first-order chi connectivity index (χ1) is 15.2. The van der Waals surface area contributed by atoms with Gasteiger partial charge in [-0.15, -0.1) is 0 Å². The Kier molecular flexibility index (Phi) is 6.13. The molecule has 5 heteroatoms. The van der Waals surface area contributed by atoms with Gasteiger partial charge in [0.25, 0.3) is 5.91 Å². The summed E-state index contributed by atoms with van der Waals surface area (Å²) in [6, 6.07) is 25.1. The van der Waals surface area contributed by atoms with Gasteiger partial charge in [-0.05, 0) is 23.6 Å². The Hall–Kier alpha value is -3.86. The Morgan fingerprint density at radius 1 is 1.03 bits per heavy atom. The third kappa shape index (κ3) is 4.51. The second kappa shape index (κ2) is 9.30. The highest BCUT2D eigenvalue weighted by Crippen LogP contribution is 2.33. The molecule has 0 bridgehead atoms. The van der Waals surface area contributed by atoms with Gasteiger partial charge in [-0.1, -0.05) is 78.9 Å². The molecule has 1 unspecified atom stereocenters. The lowest BCUT2D eigenvalue weighted by Crippen LogP contribution is -2.39. The number of amides is 2. The van der Waals surface area contributed by atoms with Crippen LogP contribution in [0.2, 0.25) is 0 Å². The van der Waals surface area contributed by atoms with Crippen LogP contribution in [0.15, 0.2) is 84.9 Å². The van der Waals surface area contributed by atoms with Crippen LogP contribution in [-0.4, -0.2) is 36.7 Å². The summed E-state index contributed by atoms with van der Waals surface area (Å²) in [4.78, 5) is 26.3. The Bertz CT molecular complexity index is 1090. The van der Waals surface area contributed by atoms with Crippen LogP contribution in [0, 0.1) is 0 Å². The molecule has 2 amide bonds. The molecule has 1 heterocycles. The highest BCUT2D eigenvalue weighted by atomic mass is 16.6. The average Bonchev–Trinajstić information content (AvgIpc) is 3.18. The van der Waals surface area contributed by atoms with Crippen molar-refractivity contribution in [1.29, 1.82) is 0 Å². The van der Waals surface area contributed by atoms with E-state index in [-0.39, 0.29) is 12.6 Å². The molecule has 1 aliphatic rings. The molecule has 0 aromatic heterocycles. The molecule has 3 aromatic carbocycles. The van der Waals surface area contributed by atoms with E-state index in [9.17, 15) is 9.59 Å². The van der Waals surface area contributed by atoms with E-state index in [4.69, 9.17) is 9.47 Å². The summed E-state index contributed by atoms with van der Waals surface area (Å²) in [6.45, 7) is 0.195. The second-order valence-electron chi connectivity index (χ2n) is 7.26. The zero-order valence-corrected chi connectivity index (χ0v) is 17.2. The summed E-state index contributed by atoms with van der Waals surface area (Å²) < 4.78 is 10.8. The standard InChI is InChI=1S/C26H23NO4/c1-30-25-21(13-8-14-23(25)20-11-6-3-7-12-20)15-16-24(28)27-22(18-31-26(27)29)17-19-9-4-2-5-10-19/h2-16,22H,17-18H2,1H3. The van der Waals surface area contributed by atoms with Gasteiger partial charge in [-0.3, -0.25) is 4.79 Å². The minimum Gasteiger partial charge on any atom is -0.495 e. The van der Waals surface area contributed by atoms with Crippen LogP contribution in [0.25, 0.3) is 17.2 Å². The number of carbonyl (C=O) groups is 2. The van der Waals surface area contributed by atoms with Gasteiger partial charge in [-0.25, -0.2) is 9.69 Å². The van der Waals surface area contributed by atoms with Crippen LogP contribution in [0.4, 0.5) is 4.79 Å². The first-order valence-corrected chi connectivity index (χ1v) is 10.1. The fourth-order valence-electron chi connectivity index (χ4n) is 3.77. The maximum Gasteiger partial charge on any atom is 0.417 e. The van der Waals surface area contributed by atoms with Crippen LogP contribution in [0.1, 0.15) is 11.1 Å². The zero-order chi connectivity index (χ0) is 21.6. The van der Waals surface area contributed by atoms with Crippen LogP contribution in [0.3, 0.4) is 0 Å². The first kappa shape index (κ1) is 20.4. The summed E-state index contributed by atoms with van der Waals surface area (Å²) in [7, 11) is 1.61. The number of para-hydroxylation sites is 1. The lowest BCUT2D eigenvalue weighted by molar-refractivity contribution is -0.124. The van der Waals surface area contributed by atoms with Crippen molar-refractivity contribution in [3.8, 4) is 16.9 Å². The number of carbonyl (C=O) groups excluding carboxylic acids is 2. The van der Waals surface area contributed by atoms with Gasteiger partial charge in [0.05, 0.1) is 13.2 Å². The lowest BCUT2D eigenvalue weighted by Gasteiger charge is -2.18. The molecule has 0 radical (unpaired) electrons. The number of benzene rings is 3. The highest BCUT2D eigenvalue weighted by Gasteiger charge is 2.36. The van der Waals surface area contributed by atoms with Crippen molar-refractivity contribution in [1.82, 2.24) is 4.90 Å². The summed E-state index contributed by atoms with van der Waals surface area (Å²) in [5, 5.41) is 0. The third-order valence-corrected chi connectivity index (χ3v) is 5.25. The maximum atomic E-state index is 12.9. The van der Waals surface area contributed by atoms with E-state index in [0.717, 1.165) is 22.3 Å². The molecule has 1 saturated heterocycles. The summed E-state index contributed by atoms with van der Waals surface area (Å²) in [6.07, 6.45) is 3.02. The molecule has 0 N–H and O–H groups in total. The summed E-state index contributed by atoms with van der Waals surface area (Å²) in [5.74, 6) is 0.262. The fraction of sp³-hybridized carbons (Fsp3) is 0.154. The van der Waals surface area contributed by atoms with E-state index in [1.807, 2.05) is 78.9 Å². The number of hydrogen-bond acceptors (Lipinski definition) is 4.